The quantitative estimate of drug-likeness (QED) is 0.448. The van der Waals surface area contributed by atoms with E-state index in [1.54, 1.807) is 0 Å². The number of nitrogens with zero attached hydrogens (tertiary/aromatic N) is 1. The zero-order chi connectivity index (χ0) is 17.7. The highest BCUT2D eigenvalue weighted by molar-refractivity contribution is 7.80. The summed E-state index contributed by atoms with van der Waals surface area (Å²) >= 11 is 4.20. The van der Waals surface area contributed by atoms with E-state index in [9.17, 15) is 19.7 Å². The summed E-state index contributed by atoms with van der Waals surface area (Å²) in [6, 6.07) is 4.08. The Labute approximate surface area is 147 Å². The first-order valence-corrected chi connectivity index (χ1v) is 8.94. The molecule has 0 radical (unpaired) electrons. The Bertz CT molecular complexity index is 569. The third-order valence-electron chi connectivity index (χ3n) is 4.76. The van der Waals surface area contributed by atoms with Gasteiger partial charge in [-0.3, -0.25) is 4.99 Å². The molecule has 0 spiro atoms. The van der Waals surface area contributed by atoms with Crippen molar-refractivity contribution in [2.75, 3.05) is 0 Å². The van der Waals surface area contributed by atoms with Crippen LogP contribution in [0.3, 0.4) is 0 Å². The summed E-state index contributed by atoms with van der Waals surface area (Å²) in [6.07, 6.45) is 2.91. The second-order valence-corrected chi connectivity index (χ2v) is 7.02. The Balaban J connectivity index is 1.91. The van der Waals surface area contributed by atoms with Crippen LogP contribution in [0.4, 0.5) is 10.1 Å². The Hall–Kier alpha value is -0.950. The van der Waals surface area contributed by atoms with E-state index in [0.29, 0.717) is 29.8 Å². The summed E-state index contributed by atoms with van der Waals surface area (Å²) in [7, 11) is 0. The van der Waals surface area contributed by atoms with Gasteiger partial charge in [-0.15, -0.1) is 12.6 Å². The molecule has 0 amide bonds. The maximum Gasteiger partial charge on any atom is 0.125 e. The summed E-state index contributed by atoms with van der Waals surface area (Å²) in [4.78, 5) is 4.64. The Kier molecular flexibility index (Phi) is 7.22. The molecule has 1 aliphatic rings. The second-order valence-electron chi connectivity index (χ2n) is 6.54. The molecule has 3 N–H and O–H groups in total. The molecule has 24 heavy (non-hydrogen) atoms. The number of hydrogen-bond donors (Lipinski definition) is 4. The molecule has 1 unspecified atom stereocenters. The van der Waals surface area contributed by atoms with Crippen molar-refractivity contribution in [2.45, 2.75) is 62.2 Å². The number of benzene rings is 1. The van der Waals surface area contributed by atoms with Gasteiger partial charge in [0.25, 0.3) is 0 Å². The summed E-state index contributed by atoms with van der Waals surface area (Å²) in [5.74, 6) is -0.320. The normalized spacial score (nSPS) is 28.6. The number of thiol groups is 1. The lowest BCUT2D eigenvalue weighted by Crippen LogP contribution is -2.24. The topological polar surface area (TPSA) is 73.1 Å². The van der Waals surface area contributed by atoms with Gasteiger partial charge in [0.05, 0.1) is 24.0 Å². The molecule has 0 saturated heterocycles. The van der Waals surface area contributed by atoms with Crippen LogP contribution in [-0.2, 0) is 0 Å². The zero-order valence-corrected chi connectivity index (χ0v) is 14.7. The molecule has 1 aromatic carbocycles. The monoisotopic (exact) mass is 355 g/mol. The van der Waals surface area contributed by atoms with E-state index in [4.69, 9.17) is 0 Å². The molecular formula is C18H26FNO3S. The molecule has 2 rings (SSSR count). The molecule has 1 saturated carbocycles. The molecule has 4 nitrogen and oxygen atoms in total. The Morgan fingerprint density at radius 1 is 1.29 bits per heavy atom. The predicted octanol–water partition coefficient (Wildman–Crippen LogP) is 3.12. The van der Waals surface area contributed by atoms with Gasteiger partial charge >= 0.3 is 0 Å². The highest BCUT2D eigenvalue weighted by Gasteiger charge is 2.40. The van der Waals surface area contributed by atoms with Crippen molar-refractivity contribution in [2.24, 2.45) is 16.8 Å². The van der Waals surface area contributed by atoms with Crippen molar-refractivity contribution < 1.29 is 19.7 Å². The zero-order valence-electron chi connectivity index (χ0n) is 13.8. The van der Waals surface area contributed by atoms with Crippen molar-refractivity contribution in [3.8, 4) is 0 Å². The fourth-order valence-corrected chi connectivity index (χ4v) is 3.71. The molecule has 0 bridgehead atoms. The van der Waals surface area contributed by atoms with Crippen LogP contribution in [0, 0.1) is 17.7 Å². The minimum absolute atomic E-state index is 0.00221. The fraction of sp³-hybridized carbons (Fsp3) is 0.611. The van der Waals surface area contributed by atoms with E-state index < -0.39 is 24.1 Å². The van der Waals surface area contributed by atoms with E-state index in [1.807, 2.05) is 0 Å². The Morgan fingerprint density at radius 2 is 1.96 bits per heavy atom. The summed E-state index contributed by atoms with van der Waals surface area (Å²) in [6.45, 7) is 2.06. The standard InChI is InChI=1S/C18H26FNO3S/c1-2-3-13-14(17(23)9-16(13)22)6-5-12(21)10-20-15-8-11(19)4-7-18(15)24/h4,7-8,10,12-14,16-17,21-24H,2-3,5-6,9H2,1H3/t12?,13-,14-,16+,17-/m1/s1. The molecule has 5 atom stereocenters. The van der Waals surface area contributed by atoms with Gasteiger partial charge in [-0.25, -0.2) is 4.39 Å². The van der Waals surface area contributed by atoms with E-state index in [2.05, 4.69) is 24.5 Å². The largest absolute Gasteiger partial charge is 0.393 e. The van der Waals surface area contributed by atoms with Crippen molar-refractivity contribution in [3.05, 3.63) is 24.0 Å². The van der Waals surface area contributed by atoms with Crippen LogP contribution in [0.2, 0.25) is 0 Å². The third-order valence-corrected chi connectivity index (χ3v) is 5.14. The van der Waals surface area contributed by atoms with E-state index >= 15 is 0 Å². The molecule has 1 aromatic rings. The van der Waals surface area contributed by atoms with Crippen molar-refractivity contribution in [1.29, 1.82) is 0 Å². The van der Waals surface area contributed by atoms with E-state index in [-0.39, 0.29) is 11.8 Å². The van der Waals surface area contributed by atoms with Crippen molar-refractivity contribution in [1.82, 2.24) is 0 Å². The highest BCUT2D eigenvalue weighted by atomic mass is 32.1. The smallest absolute Gasteiger partial charge is 0.125 e. The number of aliphatic hydroxyl groups is 3. The summed E-state index contributed by atoms with van der Waals surface area (Å²) in [5.41, 5.74) is 0.373. The number of rotatable bonds is 7. The first kappa shape index (κ1) is 19.4. The van der Waals surface area contributed by atoms with Crippen LogP contribution in [0.15, 0.2) is 28.1 Å². The van der Waals surface area contributed by atoms with Gasteiger partial charge in [-0.1, -0.05) is 13.3 Å². The molecule has 0 aliphatic heterocycles. The van der Waals surface area contributed by atoms with Crippen LogP contribution in [0.1, 0.15) is 39.0 Å². The van der Waals surface area contributed by atoms with Gasteiger partial charge in [-0.05, 0) is 49.7 Å². The lowest BCUT2D eigenvalue weighted by atomic mass is 9.85. The minimum atomic E-state index is -0.784. The van der Waals surface area contributed by atoms with Crippen LogP contribution < -0.4 is 0 Å². The maximum absolute atomic E-state index is 13.2. The van der Waals surface area contributed by atoms with E-state index in [0.717, 1.165) is 12.8 Å². The number of hydrogen-bond acceptors (Lipinski definition) is 5. The third kappa shape index (κ3) is 5.02. The van der Waals surface area contributed by atoms with E-state index in [1.165, 1.54) is 24.4 Å². The minimum Gasteiger partial charge on any atom is -0.393 e. The van der Waals surface area contributed by atoms with Crippen LogP contribution in [0.25, 0.3) is 0 Å². The van der Waals surface area contributed by atoms with Crippen molar-refractivity contribution in [3.63, 3.8) is 0 Å². The molecule has 0 aromatic heterocycles. The van der Waals surface area contributed by atoms with Gasteiger partial charge in [0, 0.05) is 17.2 Å². The average molecular weight is 355 g/mol. The van der Waals surface area contributed by atoms with Gasteiger partial charge in [0.1, 0.15) is 5.82 Å². The van der Waals surface area contributed by atoms with Gasteiger partial charge in [0.15, 0.2) is 0 Å². The SMILES string of the molecule is CCC[C@@H]1[C@@H](CCC(O)C=Nc2cc(F)ccc2S)[C@H](O)C[C@@H]1O. The van der Waals surface area contributed by atoms with Gasteiger partial charge in [0.2, 0.25) is 0 Å². The number of aliphatic imine (C=N–C) groups is 1. The summed E-state index contributed by atoms with van der Waals surface area (Å²) in [5, 5.41) is 30.2. The Morgan fingerprint density at radius 3 is 2.62 bits per heavy atom. The van der Waals surface area contributed by atoms with Crippen molar-refractivity contribution >= 4 is 24.5 Å². The van der Waals surface area contributed by atoms with Crippen LogP contribution >= 0.6 is 12.6 Å². The second kappa shape index (κ2) is 8.94. The molecule has 1 aliphatic carbocycles. The maximum atomic E-state index is 13.2. The van der Waals surface area contributed by atoms with Gasteiger partial charge < -0.3 is 15.3 Å². The van der Waals surface area contributed by atoms with Crippen LogP contribution in [0.5, 0.6) is 0 Å². The lowest BCUT2D eigenvalue weighted by Gasteiger charge is -2.23. The molecule has 134 valence electrons. The molecule has 1 fully saturated rings. The number of aliphatic hydroxyl groups excluding tert-OH is 3. The highest BCUT2D eigenvalue weighted by Crippen LogP contribution is 2.38. The molecule has 6 heteroatoms. The fourth-order valence-electron chi connectivity index (χ4n) is 3.52. The van der Waals surface area contributed by atoms with Crippen LogP contribution in [-0.4, -0.2) is 39.8 Å². The summed E-state index contributed by atoms with van der Waals surface area (Å²) < 4.78 is 13.2. The average Bonchev–Trinajstić information content (AvgIpc) is 2.80. The first-order valence-electron chi connectivity index (χ1n) is 8.49. The predicted molar refractivity (Wildman–Crippen MR) is 95.6 cm³/mol. The first-order chi connectivity index (χ1) is 11.4. The molecular weight excluding hydrogens is 329 g/mol. The van der Waals surface area contributed by atoms with Gasteiger partial charge in [-0.2, -0.15) is 0 Å². The molecule has 0 heterocycles. The number of halogens is 1. The lowest BCUT2D eigenvalue weighted by molar-refractivity contribution is 0.0937.